The van der Waals surface area contributed by atoms with Crippen molar-refractivity contribution in [3.63, 3.8) is 0 Å². The summed E-state index contributed by atoms with van der Waals surface area (Å²) in [5.74, 6) is -0.0733. The lowest BCUT2D eigenvalue weighted by atomic mass is 10.1. The summed E-state index contributed by atoms with van der Waals surface area (Å²) >= 11 is 0. The normalized spacial score (nSPS) is 14.7. The number of anilines is 1. The molecule has 0 bridgehead atoms. The molecule has 1 fully saturated rings. The van der Waals surface area contributed by atoms with E-state index in [1.54, 1.807) is 6.07 Å². The van der Waals surface area contributed by atoms with Crippen LogP contribution in [-0.4, -0.2) is 24.2 Å². The van der Waals surface area contributed by atoms with Crippen LogP contribution in [0.1, 0.15) is 35.7 Å². The van der Waals surface area contributed by atoms with Crippen molar-refractivity contribution >= 4 is 11.7 Å². The third-order valence-corrected chi connectivity index (χ3v) is 3.28. The van der Waals surface area contributed by atoms with Gasteiger partial charge in [0.15, 0.2) is 0 Å². The fourth-order valence-electron chi connectivity index (χ4n) is 2.11. The van der Waals surface area contributed by atoms with Gasteiger partial charge in [-0.05, 0) is 44.7 Å². The monoisotopic (exact) mass is 233 g/mol. The Labute approximate surface area is 102 Å². The first kappa shape index (κ1) is 12.0. The van der Waals surface area contributed by atoms with Crippen molar-refractivity contribution in [2.45, 2.75) is 26.7 Å². The number of benzene rings is 1. The third-order valence-electron chi connectivity index (χ3n) is 3.28. The fourth-order valence-corrected chi connectivity index (χ4v) is 2.11. The van der Waals surface area contributed by atoms with E-state index in [4.69, 9.17) is 0 Å². The first-order valence-electron chi connectivity index (χ1n) is 6.20. The molecule has 3 heteroatoms. The molecule has 0 radical (unpaired) electrons. The number of carboxylic acids is 1. The van der Waals surface area contributed by atoms with Crippen LogP contribution in [0.5, 0.6) is 0 Å². The number of aryl methyl sites for hydroxylation is 1. The maximum atomic E-state index is 11.3. The molecule has 92 valence electrons. The minimum absolute atomic E-state index is 0.424. The van der Waals surface area contributed by atoms with Gasteiger partial charge in [0.2, 0.25) is 0 Å². The highest BCUT2D eigenvalue weighted by molar-refractivity contribution is 5.94. The Morgan fingerprint density at radius 3 is 2.71 bits per heavy atom. The van der Waals surface area contributed by atoms with Gasteiger partial charge in [0.1, 0.15) is 0 Å². The second kappa shape index (κ2) is 4.78. The maximum absolute atomic E-state index is 11.3. The summed E-state index contributed by atoms with van der Waals surface area (Å²) in [4.78, 5) is 13.5. The SMILES string of the molecule is CCN(CC1CC1)c1ccc(C)cc1C(=O)O. The number of aromatic carboxylic acids is 1. The predicted octanol–water partition coefficient (Wildman–Crippen LogP) is 2.93. The molecule has 1 aliphatic rings. The summed E-state index contributed by atoms with van der Waals surface area (Å²) < 4.78 is 0. The van der Waals surface area contributed by atoms with E-state index in [1.807, 2.05) is 19.1 Å². The number of rotatable bonds is 5. The fraction of sp³-hybridized carbons (Fsp3) is 0.500. The molecule has 1 aliphatic carbocycles. The summed E-state index contributed by atoms with van der Waals surface area (Å²) in [6.45, 7) is 5.85. The largest absolute Gasteiger partial charge is 0.478 e. The first-order chi connectivity index (χ1) is 8.11. The van der Waals surface area contributed by atoms with E-state index >= 15 is 0 Å². The van der Waals surface area contributed by atoms with Gasteiger partial charge in [-0.2, -0.15) is 0 Å². The van der Waals surface area contributed by atoms with Crippen LogP contribution in [0.15, 0.2) is 18.2 Å². The molecule has 0 aromatic heterocycles. The van der Waals surface area contributed by atoms with Gasteiger partial charge in [-0.1, -0.05) is 11.6 Å². The van der Waals surface area contributed by atoms with Gasteiger partial charge in [-0.15, -0.1) is 0 Å². The Bertz CT molecular complexity index is 424. The summed E-state index contributed by atoms with van der Waals surface area (Å²) in [7, 11) is 0. The molecule has 0 aliphatic heterocycles. The predicted molar refractivity (Wildman–Crippen MR) is 68.7 cm³/mol. The van der Waals surface area contributed by atoms with E-state index in [-0.39, 0.29) is 0 Å². The molecular weight excluding hydrogens is 214 g/mol. The maximum Gasteiger partial charge on any atom is 0.337 e. The molecule has 0 atom stereocenters. The highest BCUT2D eigenvalue weighted by Crippen LogP contribution is 2.32. The third kappa shape index (κ3) is 2.78. The van der Waals surface area contributed by atoms with Crippen LogP contribution in [0.25, 0.3) is 0 Å². The Morgan fingerprint density at radius 2 is 2.18 bits per heavy atom. The van der Waals surface area contributed by atoms with E-state index in [9.17, 15) is 9.90 Å². The minimum Gasteiger partial charge on any atom is -0.478 e. The smallest absolute Gasteiger partial charge is 0.337 e. The first-order valence-corrected chi connectivity index (χ1v) is 6.20. The van der Waals surface area contributed by atoms with Gasteiger partial charge in [0.05, 0.1) is 11.3 Å². The standard InChI is InChI=1S/C14H19NO2/c1-3-15(9-11-5-6-11)13-7-4-10(2)8-12(13)14(16)17/h4,7-8,11H,3,5-6,9H2,1-2H3,(H,16,17). The van der Waals surface area contributed by atoms with Crippen LogP contribution >= 0.6 is 0 Å². The van der Waals surface area contributed by atoms with Crippen LogP contribution in [0.3, 0.4) is 0 Å². The van der Waals surface area contributed by atoms with Crippen molar-refractivity contribution in [1.29, 1.82) is 0 Å². The van der Waals surface area contributed by atoms with Crippen molar-refractivity contribution in [3.05, 3.63) is 29.3 Å². The topological polar surface area (TPSA) is 40.5 Å². The van der Waals surface area contributed by atoms with Crippen molar-refractivity contribution < 1.29 is 9.90 Å². The van der Waals surface area contributed by atoms with Gasteiger partial charge in [0, 0.05) is 13.1 Å². The zero-order valence-corrected chi connectivity index (χ0v) is 10.4. The highest BCUT2D eigenvalue weighted by atomic mass is 16.4. The van der Waals surface area contributed by atoms with E-state index in [0.717, 1.165) is 30.3 Å². The Balaban J connectivity index is 2.30. The molecule has 0 heterocycles. The number of hydrogen-bond donors (Lipinski definition) is 1. The van der Waals surface area contributed by atoms with Crippen LogP contribution < -0.4 is 4.90 Å². The van der Waals surface area contributed by atoms with Gasteiger partial charge >= 0.3 is 5.97 Å². The molecule has 1 aromatic rings. The quantitative estimate of drug-likeness (QED) is 0.850. The molecular formula is C14H19NO2. The summed E-state index contributed by atoms with van der Waals surface area (Å²) in [6.07, 6.45) is 2.57. The van der Waals surface area contributed by atoms with Crippen LogP contribution in [0.4, 0.5) is 5.69 Å². The number of carboxylic acid groups (broad SMARTS) is 1. The van der Waals surface area contributed by atoms with Gasteiger partial charge in [-0.3, -0.25) is 0 Å². The molecule has 1 saturated carbocycles. The van der Waals surface area contributed by atoms with E-state index < -0.39 is 5.97 Å². The van der Waals surface area contributed by atoms with Crippen molar-refractivity contribution in [2.75, 3.05) is 18.0 Å². The summed E-state index contributed by atoms with van der Waals surface area (Å²) in [6, 6.07) is 5.68. The minimum atomic E-state index is -0.835. The van der Waals surface area contributed by atoms with E-state index in [2.05, 4.69) is 11.8 Å². The van der Waals surface area contributed by atoms with E-state index in [1.165, 1.54) is 12.8 Å². The molecule has 0 amide bonds. The summed E-state index contributed by atoms with van der Waals surface area (Å²) in [5, 5.41) is 9.26. The number of hydrogen-bond acceptors (Lipinski definition) is 2. The zero-order chi connectivity index (χ0) is 12.4. The molecule has 1 aromatic carbocycles. The lowest BCUT2D eigenvalue weighted by Gasteiger charge is -2.25. The molecule has 0 spiro atoms. The highest BCUT2D eigenvalue weighted by Gasteiger charge is 2.25. The number of carbonyl (C=O) groups is 1. The Morgan fingerprint density at radius 1 is 1.47 bits per heavy atom. The number of nitrogens with zero attached hydrogens (tertiary/aromatic N) is 1. The Hall–Kier alpha value is -1.51. The Kier molecular flexibility index (Phi) is 3.36. The second-order valence-corrected chi connectivity index (χ2v) is 4.81. The molecule has 2 rings (SSSR count). The van der Waals surface area contributed by atoms with Crippen molar-refractivity contribution in [2.24, 2.45) is 5.92 Å². The van der Waals surface area contributed by atoms with Crippen molar-refractivity contribution in [3.8, 4) is 0 Å². The van der Waals surface area contributed by atoms with Crippen LogP contribution in [0.2, 0.25) is 0 Å². The molecule has 3 nitrogen and oxygen atoms in total. The van der Waals surface area contributed by atoms with Gasteiger partial charge in [0.25, 0.3) is 0 Å². The van der Waals surface area contributed by atoms with Crippen LogP contribution in [-0.2, 0) is 0 Å². The molecule has 17 heavy (non-hydrogen) atoms. The van der Waals surface area contributed by atoms with E-state index in [0.29, 0.717) is 5.56 Å². The van der Waals surface area contributed by atoms with Gasteiger partial charge in [-0.25, -0.2) is 4.79 Å². The second-order valence-electron chi connectivity index (χ2n) is 4.81. The zero-order valence-electron chi connectivity index (χ0n) is 10.4. The average molecular weight is 233 g/mol. The molecule has 1 N–H and O–H groups in total. The average Bonchev–Trinajstić information content (AvgIpc) is 3.10. The van der Waals surface area contributed by atoms with Crippen LogP contribution in [0, 0.1) is 12.8 Å². The van der Waals surface area contributed by atoms with Crippen molar-refractivity contribution in [1.82, 2.24) is 0 Å². The molecule has 0 unspecified atom stereocenters. The lowest BCUT2D eigenvalue weighted by Crippen LogP contribution is -2.27. The van der Waals surface area contributed by atoms with Gasteiger partial charge < -0.3 is 10.0 Å². The lowest BCUT2D eigenvalue weighted by molar-refractivity contribution is 0.0697. The molecule has 0 saturated heterocycles. The summed E-state index contributed by atoms with van der Waals surface area (Å²) in [5.41, 5.74) is 2.28.